The Labute approximate surface area is 157 Å². The van der Waals surface area contributed by atoms with Gasteiger partial charge in [0.05, 0.1) is 5.25 Å². The van der Waals surface area contributed by atoms with Gasteiger partial charge >= 0.3 is 5.97 Å². The molecule has 2 atom stereocenters. The topological polar surface area (TPSA) is 66.8 Å². The number of ether oxygens (including phenoxy) is 1. The van der Waals surface area contributed by atoms with Crippen molar-refractivity contribution in [2.24, 2.45) is 0 Å². The van der Waals surface area contributed by atoms with Crippen molar-refractivity contribution in [3.8, 4) is 5.75 Å². The molecule has 2 aromatic rings. The van der Waals surface area contributed by atoms with Gasteiger partial charge in [-0.1, -0.05) is 31.0 Å². The monoisotopic (exact) mass is 380 g/mol. The molecule has 0 bridgehead atoms. The second kappa shape index (κ2) is 10.5. The smallest absolute Gasteiger partial charge is 0.316 e. The van der Waals surface area contributed by atoms with Crippen LogP contribution in [0.2, 0.25) is 0 Å². The first-order valence-electron chi connectivity index (χ1n) is 8.40. The number of benzene rings is 1. The van der Waals surface area contributed by atoms with Crippen molar-refractivity contribution >= 4 is 29.9 Å². The molecular weight excluding hydrogens is 356 g/mol. The van der Waals surface area contributed by atoms with Crippen LogP contribution in [0.1, 0.15) is 42.2 Å². The fourth-order valence-electron chi connectivity index (χ4n) is 2.46. The molecule has 0 saturated carbocycles. The van der Waals surface area contributed by atoms with E-state index < -0.39 is 17.3 Å². The molecule has 0 radical (unpaired) electrons. The number of aliphatic hydroxyl groups is 1. The number of aliphatic hydroxyl groups excluding tert-OH is 1. The molecule has 2 rings (SSSR count). The summed E-state index contributed by atoms with van der Waals surface area (Å²) in [5, 5.41) is 20.2. The number of carbonyl (C=O) groups is 1. The van der Waals surface area contributed by atoms with Crippen molar-refractivity contribution in [3.05, 3.63) is 52.2 Å². The summed E-state index contributed by atoms with van der Waals surface area (Å²) in [5.41, 5.74) is 1.23. The summed E-state index contributed by atoms with van der Waals surface area (Å²) in [6.07, 6.45) is 3.87. The predicted octanol–water partition coefficient (Wildman–Crippen LogP) is 4.35. The van der Waals surface area contributed by atoms with E-state index in [1.807, 2.05) is 41.8 Å². The van der Waals surface area contributed by atoms with Crippen LogP contribution in [0, 0.1) is 0 Å². The lowest BCUT2D eigenvalue weighted by atomic mass is 10.1. The van der Waals surface area contributed by atoms with Crippen LogP contribution in [-0.4, -0.2) is 28.0 Å². The SMILES string of the molecule is O=C(O)C(S)CCCCCc1ccc(OCC(O)c2cccs2)cc1. The van der Waals surface area contributed by atoms with E-state index in [2.05, 4.69) is 12.6 Å². The highest BCUT2D eigenvalue weighted by Gasteiger charge is 2.11. The minimum absolute atomic E-state index is 0.244. The third kappa shape index (κ3) is 7.10. The summed E-state index contributed by atoms with van der Waals surface area (Å²) in [4.78, 5) is 11.6. The number of aryl methyl sites for hydroxylation is 1. The Morgan fingerprint density at radius 3 is 2.56 bits per heavy atom. The molecule has 1 aromatic carbocycles. The second-order valence-electron chi connectivity index (χ2n) is 5.94. The van der Waals surface area contributed by atoms with E-state index in [4.69, 9.17) is 9.84 Å². The normalized spacial score (nSPS) is 13.4. The molecular formula is C19H24O4S2. The molecule has 25 heavy (non-hydrogen) atoms. The van der Waals surface area contributed by atoms with Gasteiger partial charge in [0.2, 0.25) is 0 Å². The lowest BCUT2D eigenvalue weighted by Gasteiger charge is -2.11. The second-order valence-corrected chi connectivity index (χ2v) is 7.54. The Kier molecular flexibility index (Phi) is 8.31. The van der Waals surface area contributed by atoms with Gasteiger partial charge in [0.1, 0.15) is 18.5 Å². The first-order chi connectivity index (χ1) is 12.1. The molecule has 0 aliphatic heterocycles. The van der Waals surface area contributed by atoms with Crippen LogP contribution in [-0.2, 0) is 11.2 Å². The van der Waals surface area contributed by atoms with Crippen molar-refractivity contribution in [2.45, 2.75) is 43.5 Å². The number of hydrogen-bond acceptors (Lipinski definition) is 5. The average Bonchev–Trinajstić information content (AvgIpc) is 3.15. The molecule has 0 amide bonds. The molecule has 4 nitrogen and oxygen atoms in total. The molecule has 136 valence electrons. The Hall–Kier alpha value is -1.50. The molecule has 0 aliphatic rings. The quantitative estimate of drug-likeness (QED) is 0.401. The lowest BCUT2D eigenvalue weighted by Crippen LogP contribution is -2.12. The zero-order valence-electron chi connectivity index (χ0n) is 14.0. The van der Waals surface area contributed by atoms with Gasteiger partial charge in [-0.2, -0.15) is 12.6 Å². The Balaban J connectivity index is 1.65. The fraction of sp³-hybridized carbons (Fsp3) is 0.421. The van der Waals surface area contributed by atoms with Crippen molar-refractivity contribution in [1.82, 2.24) is 0 Å². The van der Waals surface area contributed by atoms with Crippen molar-refractivity contribution in [1.29, 1.82) is 0 Å². The van der Waals surface area contributed by atoms with Gasteiger partial charge in [0.15, 0.2) is 0 Å². The summed E-state index contributed by atoms with van der Waals surface area (Å²) in [6, 6.07) is 11.7. The van der Waals surface area contributed by atoms with Crippen LogP contribution in [0.3, 0.4) is 0 Å². The number of thiophene rings is 1. The minimum Gasteiger partial charge on any atom is -0.490 e. The highest BCUT2D eigenvalue weighted by molar-refractivity contribution is 7.81. The summed E-state index contributed by atoms with van der Waals surface area (Å²) < 4.78 is 5.63. The number of rotatable bonds is 11. The molecule has 2 N–H and O–H groups in total. The Morgan fingerprint density at radius 2 is 1.92 bits per heavy atom. The largest absolute Gasteiger partial charge is 0.490 e. The van der Waals surface area contributed by atoms with Crippen LogP contribution < -0.4 is 4.74 Å². The summed E-state index contributed by atoms with van der Waals surface area (Å²) in [7, 11) is 0. The molecule has 6 heteroatoms. The van der Waals surface area contributed by atoms with E-state index in [0.717, 1.165) is 36.3 Å². The number of carboxylic acid groups (broad SMARTS) is 1. The zero-order chi connectivity index (χ0) is 18.1. The van der Waals surface area contributed by atoms with E-state index in [1.54, 1.807) is 0 Å². The summed E-state index contributed by atoms with van der Waals surface area (Å²) >= 11 is 5.55. The van der Waals surface area contributed by atoms with Gasteiger partial charge in [-0.3, -0.25) is 4.79 Å². The number of thiol groups is 1. The van der Waals surface area contributed by atoms with Crippen molar-refractivity contribution in [3.63, 3.8) is 0 Å². The first-order valence-corrected chi connectivity index (χ1v) is 9.80. The van der Waals surface area contributed by atoms with Crippen molar-refractivity contribution < 1.29 is 19.7 Å². The molecule has 1 heterocycles. The highest BCUT2D eigenvalue weighted by atomic mass is 32.1. The predicted molar refractivity (Wildman–Crippen MR) is 104 cm³/mol. The van der Waals surface area contributed by atoms with Gasteiger partial charge in [0, 0.05) is 4.88 Å². The number of hydrogen-bond donors (Lipinski definition) is 3. The zero-order valence-corrected chi connectivity index (χ0v) is 15.7. The maximum atomic E-state index is 10.7. The van der Waals surface area contributed by atoms with Gasteiger partial charge < -0.3 is 14.9 Å². The minimum atomic E-state index is -0.844. The molecule has 1 aromatic heterocycles. The third-order valence-corrected chi connectivity index (χ3v) is 5.38. The van der Waals surface area contributed by atoms with Gasteiger partial charge in [0.25, 0.3) is 0 Å². The Morgan fingerprint density at radius 1 is 1.16 bits per heavy atom. The van der Waals surface area contributed by atoms with Crippen LogP contribution in [0.4, 0.5) is 0 Å². The van der Waals surface area contributed by atoms with Gasteiger partial charge in [-0.05, 0) is 48.4 Å². The fourth-order valence-corrected chi connectivity index (χ4v) is 3.34. The van der Waals surface area contributed by atoms with Crippen LogP contribution in [0.15, 0.2) is 41.8 Å². The van der Waals surface area contributed by atoms with E-state index in [0.29, 0.717) is 6.42 Å². The molecule has 0 saturated heterocycles. The van der Waals surface area contributed by atoms with Gasteiger partial charge in [-0.15, -0.1) is 11.3 Å². The van der Waals surface area contributed by atoms with Crippen molar-refractivity contribution in [2.75, 3.05) is 6.61 Å². The van der Waals surface area contributed by atoms with Gasteiger partial charge in [-0.25, -0.2) is 0 Å². The maximum absolute atomic E-state index is 10.7. The van der Waals surface area contributed by atoms with E-state index in [9.17, 15) is 9.90 Å². The number of aliphatic carboxylic acids is 1. The van der Waals surface area contributed by atoms with E-state index in [-0.39, 0.29) is 6.61 Å². The third-order valence-electron chi connectivity index (χ3n) is 3.93. The van der Waals surface area contributed by atoms with E-state index in [1.165, 1.54) is 16.9 Å². The molecule has 0 fully saturated rings. The number of unbranched alkanes of at least 4 members (excludes halogenated alkanes) is 2. The molecule has 2 unspecified atom stereocenters. The highest BCUT2D eigenvalue weighted by Crippen LogP contribution is 2.21. The first kappa shape index (κ1) is 19.8. The summed E-state index contributed by atoms with van der Waals surface area (Å²) in [6.45, 7) is 0.244. The maximum Gasteiger partial charge on any atom is 0.316 e. The molecule has 0 spiro atoms. The molecule has 0 aliphatic carbocycles. The van der Waals surface area contributed by atoms with Crippen LogP contribution in [0.5, 0.6) is 5.75 Å². The van der Waals surface area contributed by atoms with Crippen LogP contribution >= 0.6 is 24.0 Å². The number of carboxylic acids is 1. The average molecular weight is 381 g/mol. The van der Waals surface area contributed by atoms with Crippen LogP contribution in [0.25, 0.3) is 0 Å². The van der Waals surface area contributed by atoms with E-state index >= 15 is 0 Å². The summed E-state index contributed by atoms with van der Waals surface area (Å²) in [5.74, 6) is -0.0955. The lowest BCUT2D eigenvalue weighted by molar-refractivity contribution is -0.136. The standard InChI is InChI=1S/C19H24O4S2/c20-16(18-7-4-12-25-18)13-23-15-10-8-14(9-11-15)5-2-1-3-6-17(24)19(21)22/h4,7-12,16-17,20,24H,1-3,5-6,13H2,(H,21,22). The Bertz CT molecular complexity index is 625.